The first-order valence-electron chi connectivity index (χ1n) is 13.5. The Hall–Kier alpha value is -0.550. The van der Waals surface area contributed by atoms with E-state index in [0.29, 0.717) is 25.2 Å². The highest BCUT2D eigenvalue weighted by Crippen LogP contribution is 2.34. The monoisotopic (exact) mass is 485 g/mol. The number of ketones is 1. The van der Waals surface area contributed by atoms with Gasteiger partial charge in [-0.15, -0.1) is 0 Å². The van der Waals surface area contributed by atoms with Gasteiger partial charge in [-0.25, -0.2) is 0 Å². The molecule has 0 aliphatic carbocycles. The molecule has 1 N–H and O–H groups in total. The van der Waals surface area contributed by atoms with Crippen LogP contribution in [0.3, 0.4) is 0 Å². The zero-order chi connectivity index (χ0) is 25.5. The SMILES string of the molecule is CCCCC(=O)[C@H](CSCC(C)(C)C)NC(=O)C(CC)(CC)CCOC(CC)(CC)CCC. The van der Waals surface area contributed by atoms with Gasteiger partial charge in [-0.1, -0.05) is 75.2 Å². The Labute approximate surface area is 210 Å². The van der Waals surface area contributed by atoms with E-state index in [4.69, 9.17) is 4.74 Å². The van der Waals surface area contributed by atoms with Crippen LogP contribution in [0, 0.1) is 10.8 Å². The van der Waals surface area contributed by atoms with E-state index in [1.54, 1.807) is 11.8 Å². The van der Waals surface area contributed by atoms with Gasteiger partial charge in [0.15, 0.2) is 5.78 Å². The summed E-state index contributed by atoms with van der Waals surface area (Å²) in [4.78, 5) is 26.5. The highest BCUT2D eigenvalue weighted by atomic mass is 32.2. The van der Waals surface area contributed by atoms with Crippen molar-refractivity contribution in [1.82, 2.24) is 5.32 Å². The number of carbonyl (C=O) groups is 2. The van der Waals surface area contributed by atoms with Crippen LogP contribution in [0.25, 0.3) is 0 Å². The number of Topliss-reactive ketones (excluding diaryl/α,β-unsaturated/α-hetero) is 1. The van der Waals surface area contributed by atoms with Crippen molar-refractivity contribution in [2.24, 2.45) is 10.8 Å². The minimum atomic E-state index is -0.489. The van der Waals surface area contributed by atoms with Crippen LogP contribution in [-0.4, -0.2) is 41.4 Å². The largest absolute Gasteiger partial charge is 0.375 e. The summed E-state index contributed by atoms with van der Waals surface area (Å²) in [5, 5.41) is 3.19. The number of thioether (sulfide) groups is 1. The van der Waals surface area contributed by atoms with Gasteiger partial charge in [0.2, 0.25) is 5.91 Å². The van der Waals surface area contributed by atoms with Crippen LogP contribution in [-0.2, 0) is 14.3 Å². The predicted octanol–water partition coefficient (Wildman–Crippen LogP) is 7.58. The molecule has 0 aromatic heterocycles. The average molecular weight is 486 g/mol. The lowest BCUT2D eigenvalue weighted by Crippen LogP contribution is -2.50. The number of hydrogen-bond donors (Lipinski definition) is 1. The molecule has 4 nitrogen and oxygen atoms in total. The second-order valence-electron chi connectivity index (χ2n) is 10.9. The summed E-state index contributed by atoms with van der Waals surface area (Å²) >= 11 is 1.77. The second kappa shape index (κ2) is 16.2. The fourth-order valence-corrected chi connectivity index (χ4v) is 5.61. The van der Waals surface area contributed by atoms with Crippen molar-refractivity contribution >= 4 is 23.5 Å². The maximum Gasteiger partial charge on any atom is 0.226 e. The highest BCUT2D eigenvalue weighted by molar-refractivity contribution is 7.99. The van der Waals surface area contributed by atoms with Gasteiger partial charge in [-0.2, -0.15) is 11.8 Å². The van der Waals surface area contributed by atoms with Gasteiger partial charge < -0.3 is 10.1 Å². The molecule has 0 aromatic rings. The van der Waals surface area contributed by atoms with Crippen LogP contribution in [0.15, 0.2) is 0 Å². The van der Waals surface area contributed by atoms with Gasteiger partial charge in [0.25, 0.3) is 0 Å². The molecule has 1 amide bonds. The fraction of sp³-hybridized carbons (Fsp3) is 0.929. The molecule has 196 valence electrons. The molecule has 0 aliphatic rings. The normalized spacial score (nSPS) is 13.7. The van der Waals surface area contributed by atoms with Crippen molar-refractivity contribution in [1.29, 1.82) is 0 Å². The molecule has 5 heteroatoms. The molecule has 1 atom stereocenters. The van der Waals surface area contributed by atoms with E-state index in [1.165, 1.54) is 0 Å². The van der Waals surface area contributed by atoms with Gasteiger partial charge in [-0.05, 0) is 56.1 Å². The number of rotatable bonds is 19. The molecule has 0 rings (SSSR count). The summed E-state index contributed by atoms with van der Waals surface area (Å²) in [7, 11) is 0. The van der Waals surface area contributed by atoms with Crippen LogP contribution in [0.2, 0.25) is 0 Å². The molecule has 0 unspecified atom stereocenters. The minimum absolute atomic E-state index is 0.0244. The maximum atomic E-state index is 13.6. The molecular formula is C28H55NO3S. The smallest absolute Gasteiger partial charge is 0.226 e. The molecule has 0 aromatic carbocycles. The van der Waals surface area contributed by atoms with Crippen molar-refractivity contribution in [2.45, 2.75) is 138 Å². The Morgan fingerprint density at radius 2 is 1.48 bits per heavy atom. The van der Waals surface area contributed by atoms with E-state index in [9.17, 15) is 9.59 Å². The summed E-state index contributed by atoms with van der Waals surface area (Å²) in [6.45, 7) is 20.1. The Bertz CT molecular complexity index is 548. The van der Waals surface area contributed by atoms with E-state index >= 15 is 0 Å². The first kappa shape index (κ1) is 32.5. The van der Waals surface area contributed by atoms with Crippen molar-refractivity contribution in [3.05, 3.63) is 0 Å². The van der Waals surface area contributed by atoms with Gasteiger partial charge in [0, 0.05) is 18.8 Å². The van der Waals surface area contributed by atoms with Crippen molar-refractivity contribution in [3.63, 3.8) is 0 Å². The lowest BCUT2D eigenvalue weighted by atomic mass is 9.78. The Morgan fingerprint density at radius 1 is 0.879 bits per heavy atom. The van der Waals surface area contributed by atoms with Crippen LogP contribution in [0.5, 0.6) is 0 Å². The Morgan fingerprint density at radius 3 is 1.94 bits per heavy atom. The summed E-state index contributed by atoms with van der Waals surface area (Å²) in [6, 6.07) is -0.403. The van der Waals surface area contributed by atoms with Crippen molar-refractivity contribution < 1.29 is 14.3 Å². The second-order valence-corrected chi connectivity index (χ2v) is 11.9. The van der Waals surface area contributed by atoms with E-state index in [0.717, 1.165) is 57.1 Å². The molecule has 0 saturated carbocycles. The summed E-state index contributed by atoms with van der Waals surface area (Å²) < 4.78 is 6.43. The maximum absolute atomic E-state index is 13.6. The van der Waals surface area contributed by atoms with Crippen molar-refractivity contribution in [2.75, 3.05) is 18.1 Å². The summed E-state index contributed by atoms with van der Waals surface area (Å²) in [6.07, 6.45) is 8.75. The number of carbonyl (C=O) groups excluding carboxylic acids is 2. The number of nitrogens with one attached hydrogen (secondary N) is 1. The first-order chi connectivity index (χ1) is 15.5. The van der Waals surface area contributed by atoms with Crippen LogP contribution < -0.4 is 5.32 Å². The first-order valence-corrected chi connectivity index (χ1v) is 14.7. The standard InChI is InChI=1S/C28H55NO3S/c1-10-16-17-24(30)23(21-33-22-26(7,8)9)29-25(31)27(12-3,13-4)19-20-32-28(14-5,15-6)18-11-2/h23H,10-22H2,1-9H3,(H,29,31)/t23-/m0/s1. The van der Waals surface area contributed by atoms with Crippen molar-refractivity contribution in [3.8, 4) is 0 Å². The molecule has 0 bridgehead atoms. The third-order valence-corrected chi connectivity index (χ3v) is 8.75. The van der Waals surface area contributed by atoms with Crippen LogP contribution in [0.4, 0.5) is 0 Å². The lowest BCUT2D eigenvalue weighted by molar-refractivity contribution is -0.137. The Balaban J connectivity index is 5.36. The predicted molar refractivity (Wildman–Crippen MR) is 145 cm³/mol. The van der Waals surface area contributed by atoms with E-state index in [-0.39, 0.29) is 22.7 Å². The summed E-state index contributed by atoms with van der Waals surface area (Å²) in [5.41, 5.74) is -0.374. The van der Waals surface area contributed by atoms with Gasteiger partial charge in [0.1, 0.15) is 0 Å². The molecule has 0 fully saturated rings. The number of unbranched alkanes of at least 4 members (excludes halogenated alkanes) is 1. The molecule has 0 heterocycles. The van der Waals surface area contributed by atoms with Crippen LogP contribution >= 0.6 is 11.8 Å². The van der Waals surface area contributed by atoms with Gasteiger partial charge >= 0.3 is 0 Å². The Kier molecular flexibility index (Phi) is 15.9. The molecule has 33 heavy (non-hydrogen) atoms. The molecular weight excluding hydrogens is 430 g/mol. The van der Waals surface area contributed by atoms with E-state index < -0.39 is 11.5 Å². The topological polar surface area (TPSA) is 55.4 Å². The fourth-order valence-electron chi connectivity index (χ4n) is 4.37. The quantitative estimate of drug-likeness (QED) is 0.205. The third kappa shape index (κ3) is 11.6. The third-order valence-electron chi connectivity index (χ3n) is 7.11. The minimum Gasteiger partial charge on any atom is -0.375 e. The molecule has 0 aliphatic heterocycles. The van der Waals surface area contributed by atoms with Gasteiger partial charge in [0.05, 0.1) is 17.1 Å². The number of amides is 1. The average Bonchev–Trinajstić information content (AvgIpc) is 2.78. The highest BCUT2D eigenvalue weighted by Gasteiger charge is 2.37. The molecule has 0 radical (unpaired) electrons. The lowest BCUT2D eigenvalue weighted by Gasteiger charge is -2.36. The summed E-state index contributed by atoms with van der Waals surface area (Å²) in [5.74, 6) is 1.81. The molecule has 0 spiro atoms. The number of hydrogen-bond acceptors (Lipinski definition) is 4. The van der Waals surface area contributed by atoms with Crippen LogP contribution in [0.1, 0.15) is 127 Å². The molecule has 0 saturated heterocycles. The zero-order valence-electron chi connectivity index (χ0n) is 23.4. The van der Waals surface area contributed by atoms with Gasteiger partial charge in [-0.3, -0.25) is 9.59 Å². The number of ether oxygens (including phenoxy) is 1. The van der Waals surface area contributed by atoms with E-state index in [2.05, 4.69) is 67.6 Å². The zero-order valence-corrected chi connectivity index (χ0v) is 24.2. The van der Waals surface area contributed by atoms with E-state index in [1.807, 2.05) is 0 Å².